The molecule has 1 heterocycles. The summed E-state index contributed by atoms with van der Waals surface area (Å²) in [4.78, 5) is 15.7. The van der Waals surface area contributed by atoms with Gasteiger partial charge in [0.15, 0.2) is 0 Å². The first-order valence-corrected chi connectivity index (χ1v) is 4.65. The number of amides is 1. The summed E-state index contributed by atoms with van der Waals surface area (Å²) in [6.07, 6.45) is 1.48. The van der Waals surface area contributed by atoms with Gasteiger partial charge in [-0.25, -0.2) is 5.01 Å². The van der Waals surface area contributed by atoms with Crippen molar-refractivity contribution in [1.82, 2.24) is 15.4 Å². The molecule has 1 rings (SSSR count). The first-order chi connectivity index (χ1) is 7.00. The average Bonchev–Trinajstić information content (AvgIpc) is 2.17. The third-order valence-electron chi connectivity index (χ3n) is 1.61. The maximum Gasteiger partial charge on any atom is 0.284 e. The number of aromatic nitrogens is 1. The van der Waals surface area contributed by atoms with Crippen LogP contribution in [-0.4, -0.2) is 35.0 Å². The molecule has 0 aliphatic carbocycles. The van der Waals surface area contributed by atoms with Crippen molar-refractivity contribution in [2.45, 2.75) is 0 Å². The molecule has 5 nitrogen and oxygen atoms in total. The zero-order valence-corrected chi connectivity index (χ0v) is 9.34. The SMILES string of the molecule is CN(C)NC(=O)c1ccc(C(N)=S)cn1. The van der Waals surface area contributed by atoms with Crippen molar-refractivity contribution in [3.05, 3.63) is 29.6 Å². The minimum Gasteiger partial charge on any atom is -0.389 e. The first-order valence-electron chi connectivity index (χ1n) is 4.25. The van der Waals surface area contributed by atoms with Crippen molar-refractivity contribution in [2.75, 3.05) is 14.1 Å². The van der Waals surface area contributed by atoms with Crippen LogP contribution in [0.3, 0.4) is 0 Å². The average molecular weight is 224 g/mol. The van der Waals surface area contributed by atoms with E-state index in [0.29, 0.717) is 11.3 Å². The predicted octanol–water partition coefficient (Wildman–Crippen LogP) is -0.0778. The molecule has 0 saturated heterocycles. The van der Waals surface area contributed by atoms with Crippen LogP contribution in [0.25, 0.3) is 0 Å². The minimum absolute atomic E-state index is 0.266. The number of carbonyl (C=O) groups excluding carboxylic acids is 1. The Morgan fingerprint density at radius 2 is 2.20 bits per heavy atom. The number of nitrogens with zero attached hydrogens (tertiary/aromatic N) is 2. The Hall–Kier alpha value is -1.53. The summed E-state index contributed by atoms with van der Waals surface area (Å²) in [5, 5.41) is 1.55. The third kappa shape index (κ3) is 3.26. The molecular weight excluding hydrogens is 212 g/mol. The zero-order valence-electron chi connectivity index (χ0n) is 8.52. The Kier molecular flexibility index (Phi) is 3.70. The van der Waals surface area contributed by atoms with Gasteiger partial charge in [0.05, 0.1) is 0 Å². The maximum atomic E-state index is 11.5. The lowest BCUT2D eigenvalue weighted by atomic mass is 10.2. The zero-order chi connectivity index (χ0) is 11.4. The number of nitrogens with one attached hydrogen (secondary N) is 1. The molecule has 0 aromatic carbocycles. The Morgan fingerprint density at radius 3 is 2.60 bits per heavy atom. The Morgan fingerprint density at radius 1 is 1.53 bits per heavy atom. The van der Waals surface area contributed by atoms with Gasteiger partial charge in [-0.1, -0.05) is 12.2 Å². The minimum atomic E-state index is -0.269. The quantitative estimate of drug-likeness (QED) is 0.555. The molecule has 0 radical (unpaired) electrons. The first kappa shape index (κ1) is 11.5. The van der Waals surface area contributed by atoms with Gasteiger partial charge in [0.25, 0.3) is 5.91 Å². The molecule has 0 saturated carbocycles. The summed E-state index contributed by atoms with van der Waals surface area (Å²) in [5.74, 6) is -0.269. The van der Waals surface area contributed by atoms with Crippen LogP contribution in [-0.2, 0) is 0 Å². The van der Waals surface area contributed by atoms with E-state index in [1.807, 2.05) is 0 Å². The molecule has 0 spiro atoms. The van der Waals surface area contributed by atoms with Gasteiger partial charge in [0, 0.05) is 25.9 Å². The lowest BCUT2D eigenvalue weighted by Crippen LogP contribution is -2.36. The van der Waals surface area contributed by atoms with Crippen molar-refractivity contribution in [3.63, 3.8) is 0 Å². The van der Waals surface area contributed by atoms with Gasteiger partial charge in [-0.3, -0.25) is 15.2 Å². The van der Waals surface area contributed by atoms with E-state index in [9.17, 15) is 4.79 Å². The van der Waals surface area contributed by atoms with E-state index in [1.165, 1.54) is 6.20 Å². The molecule has 0 aliphatic rings. The second-order valence-corrected chi connectivity index (χ2v) is 3.57. The van der Waals surface area contributed by atoms with E-state index in [0.717, 1.165) is 0 Å². The van der Waals surface area contributed by atoms with Crippen molar-refractivity contribution in [1.29, 1.82) is 0 Å². The van der Waals surface area contributed by atoms with Gasteiger partial charge < -0.3 is 5.73 Å². The van der Waals surface area contributed by atoms with Gasteiger partial charge in [0.2, 0.25) is 0 Å². The number of hydrogen-bond acceptors (Lipinski definition) is 4. The van der Waals surface area contributed by atoms with Crippen LogP contribution in [0, 0.1) is 0 Å². The lowest BCUT2D eigenvalue weighted by Gasteiger charge is -2.11. The second kappa shape index (κ2) is 4.81. The van der Waals surface area contributed by atoms with Gasteiger partial charge in [0.1, 0.15) is 10.7 Å². The fourth-order valence-electron chi connectivity index (χ4n) is 0.934. The highest BCUT2D eigenvalue weighted by atomic mass is 32.1. The van der Waals surface area contributed by atoms with Crippen molar-refractivity contribution >= 4 is 23.1 Å². The molecular formula is C9H12N4OS. The Bertz CT molecular complexity index is 374. The monoisotopic (exact) mass is 224 g/mol. The highest BCUT2D eigenvalue weighted by molar-refractivity contribution is 7.80. The van der Waals surface area contributed by atoms with Crippen LogP contribution in [0.15, 0.2) is 18.3 Å². The molecule has 15 heavy (non-hydrogen) atoms. The lowest BCUT2D eigenvalue weighted by molar-refractivity contribution is 0.0851. The summed E-state index contributed by atoms with van der Waals surface area (Å²) >= 11 is 4.77. The normalized spacial score (nSPS) is 10.1. The molecule has 1 aromatic heterocycles. The molecule has 6 heteroatoms. The van der Waals surface area contributed by atoms with Crippen LogP contribution in [0.5, 0.6) is 0 Å². The van der Waals surface area contributed by atoms with E-state index in [4.69, 9.17) is 18.0 Å². The number of carbonyl (C=O) groups is 1. The van der Waals surface area contributed by atoms with E-state index < -0.39 is 0 Å². The number of nitrogens with two attached hydrogens (primary N) is 1. The van der Waals surface area contributed by atoms with E-state index >= 15 is 0 Å². The summed E-state index contributed by atoms with van der Waals surface area (Å²) < 4.78 is 0. The molecule has 0 fully saturated rings. The molecule has 0 bridgehead atoms. The van der Waals surface area contributed by atoms with Crippen LogP contribution >= 0.6 is 12.2 Å². The summed E-state index contributed by atoms with van der Waals surface area (Å²) in [6, 6.07) is 3.24. The molecule has 0 unspecified atom stereocenters. The van der Waals surface area contributed by atoms with Crippen LogP contribution < -0.4 is 11.2 Å². The molecule has 3 N–H and O–H groups in total. The maximum absolute atomic E-state index is 11.5. The number of rotatable bonds is 3. The third-order valence-corrected chi connectivity index (χ3v) is 1.84. The van der Waals surface area contributed by atoms with Crippen molar-refractivity contribution in [2.24, 2.45) is 5.73 Å². The van der Waals surface area contributed by atoms with Crippen molar-refractivity contribution < 1.29 is 4.79 Å². The van der Waals surface area contributed by atoms with Gasteiger partial charge in [-0.2, -0.15) is 0 Å². The van der Waals surface area contributed by atoms with E-state index in [2.05, 4.69) is 10.4 Å². The van der Waals surface area contributed by atoms with E-state index in [1.54, 1.807) is 31.2 Å². The number of hydrazine groups is 1. The summed E-state index contributed by atoms with van der Waals surface area (Å²) in [5.41, 5.74) is 8.95. The highest BCUT2D eigenvalue weighted by Crippen LogP contribution is 2.00. The molecule has 0 atom stereocenters. The van der Waals surface area contributed by atoms with Crippen LogP contribution in [0.2, 0.25) is 0 Å². The number of thiocarbonyl (C=S) groups is 1. The number of hydrogen-bond donors (Lipinski definition) is 2. The molecule has 80 valence electrons. The molecule has 1 amide bonds. The van der Waals surface area contributed by atoms with Gasteiger partial charge in [-0.05, 0) is 12.1 Å². The van der Waals surface area contributed by atoms with Crippen LogP contribution in [0.4, 0.5) is 0 Å². The summed E-state index contributed by atoms with van der Waals surface area (Å²) in [6.45, 7) is 0. The topological polar surface area (TPSA) is 71.2 Å². The van der Waals surface area contributed by atoms with E-state index in [-0.39, 0.29) is 10.9 Å². The van der Waals surface area contributed by atoms with Crippen molar-refractivity contribution in [3.8, 4) is 0 Å². The van der Waals surface area contributed by atoms with Gasteiger partial charge in [-0.15, -0.1) is 0 Å². The predicted molar refractivity (Wildman–Crippen MR) is 61.3 cm³/mol. The Labute approximate surface area is 93.3 Å². The summed E-state index contributed by atoms with van der Waals surface area (Å²) in [7, 11) is 3.45. The van der Waals surface area contributed by atoms with Gasteiger partial charge >= 0.3 is 0 Å². The second-order valence-electron chi connectivity index (χ2n) is 3.13. The Balaban J connectivity index is 2.80. The standard InChI is InChI=1S/C9H12N4OS/c1-13(2)12-9(14)7-4-3-6(5-11-7)8(10)15/h3-5H,1-2H3,(H2,10,15)(H,12,14). The fraction of sp³-hybridized carbons (Fsp3) is 0.222. The number of pyridine rings is 1. The fourth-order valence-corrected chi connectivity index (χ4v) is 1.06. The highest BCUT2D eigenvalue weighted by Gasteiger charge is 2.07. The van der Waals surface area contributed by atoms with Crippen LogP contribution in [0.1, 0.15) is 16.1 Å². The smallest absolute Gasteiger partial charge is 0.284 e. The molecule has 1 aromatic rings. The largest absolute Gasteiger partial charge is 0.389 e. The molecule has 0 aliphatic heterocycles.